The lowest BCUT2D eigenvalue weighted by Gasteiger charge is -2.10. The van der Waals surface area contributed by atoms with Crippen LogP contribution in [0.3, 0.4) is 0 Å². The van der Waals surface area contributed by atoms with Crippen LogP contribution in [0.25, 0.3) is 0 Å². The maximum Gasteiger partial charge on any atom is 0.280 e. The Morgan fingerprint density at radius 1 is 1.12 bits per heavy atom. The summed E-state index contributed by atoms with van der Waals surface area (Å²) in [4.78, 5) is 12.5. The summed E-state index contributed by atoms with van der Waals surface area (Å²) < 4.78 is 13.3. The minimum absolute atomic E-state index is 0.0974. The first-order valence-electron chi connectivity index (χ1n) is 7.35. The number of H-pyrrole nitrogens is 1. The van der Waals surface area contributed by atoms with Crippen LogP contribution in [-0.2, 0) is 0 Å². The van der Waals surface area contributed by atoms with Gasteiger partial charge in [-0.25, -0.2) is 4.39 Å². The summed E-state index contributed by atoms with van der Waals surface area (Å²) in [5.74, 6) is -0.565. The molecule has 6 nitrogen and oxygen atoms in total. The normalized spacial score (nSPS) is 10.5. The maximum atomic E-state index is 13.3. The van der Waals surface area contributed by atoms with Gasteiger partial charge in [0.25, 0.3) is 5.91 Å². The summed E-state index contributed by atoms with van der Waals surface area (Å²) in [6, 6.07) is 11.5. The number of anilines is 3. The van der Waals surface area contributed by atoms with Gasteiger partial charge in [0.2, 0.25) is 0 Å². The molecular weight excluding hydrogens is 309 g/mol. The predicted molar refractivity (Wildman–Crippen MR) is 89.9 cm³/mol. The summed E-state index contributed by atoms with van der Waals surface area (Å²) in [5.41, 5.74) is 3.34. The molecule has 0 saturated heterocycles. The lowest BCUT2D eigenvalue weighted by atomic mass is 10.1. The molecular formula is C17H16FN5O. The van der Waals surface area contributed by atoms with Crippen molar-refractivity contribution in [2.75, 3.05) is 10.6 Å². The molecule has 0 fully saturated rings. The Hall–Kier alpha value is -3.22. The SMILES string of the molecule is Cc1cccc(NC(=O)c2n[nH]nc2Nc2cccc(F)c2)c1C. The topological polar surface area (TPSA) is 82.7 Å². The Morgan fingerprint density at radius 2 is 1.92 bits per heavy atom. The monoisotopic (exact) mass is 325 g/mol. The summed E-state index contributed by atoms with van der Waals surface area (Å²) in [7, 11) is 0. The van der Waals surface area contributed by atoms with E-state index in [2.05, 4.69) is 26.0 Å². The second-order valence-corrected chi connectivity index (χ2v) is 5.36. The zero-order chi connectivity index (χ0) is 17.1. The summed E-state index contributed by atoms with van der Waals surface area (Å²) in [6.07, 6.45) is 0. The first kappa shape index (κ1) is 15.7. The van der Waals surface area contributed by atoms with Gasteiger partial charge in [-0.05, 0) is 49.2 Å². The largest absolute Gasteiger partial charge is 0.337 e. The van der Waals surface area contributed by atoms with Gasteiger partial charge in [-0.1, -0.05) is 18.2 Å². The van der Waals surface area contributed by atoms with E-state index in [9.17, 15) is 9.18 Å². The van der Waals surface area contributed by atoms with Crippen LogP contribution < -0.4 is 10.6 Å². The first-order chi connectivity index (χ1) is 11.5. The molecule has 1 aromatic heterocycles. The molecule has 0 atom stereocenters. The van der Waals surface area contributed by atoms with E-state index in [-0.39, 0.29) is 17.3 Å². The van der Waals surface area contributed by atoms with Crippen molar-refractivity contribution in [1.29, 1.82) is 0 Å². The molecule has 3 N–H and O–H groups in total. The average Bonchev–Trinajstić information content (AvgIpc) is 3.00. The molecule has 0 aliphatic rings. The number of aromatic amines is 1. The molecule has 2 aromatic carbocycles. The van der Waals surface area contributed by atoms with Crippen molar-refractivity contribution in [3.05, 3.63) is 65.1 Å². The van der Waals surface area contributed by atoms with Gasteiger partial charge in [0.15, 0.2) is 11.5 Å². The van der Waals surface area contributed by atoms with Gasteiger partial charge in [-0.2, -0.15) is 5.21 Å². The van der Waals surface area contributed by atoms with Gasteiger partial charge in [0.05, 0.1) is 0 Å². The highest BCUT2D eigenvalue weighted by Crippen LogP contribution is 2.21. The fourth-order valence-corrected chi connectivity index (χ4v) is 2.25. The lowest BCUT2D eigenvalue weighted by Crippen LogP contribution is -2.15. The van der Waals surface area contributed by atoms with Crippen molar-refractivity contribution in [3.8, 4) is 0 Å². The van der Waals surface area contributed by atoms with Crippen LogP contribution in [0.1, 0.15) is 21.6 Å². The van der Waals surface area contributed by atoms with Gasteiger partial charge in [-0.3, -0.25) is 4.79 Å². The summed E-state index contributed by atoms with van der Waals surface area (Å²) in [5, 5.41) is 15.9. The molecule has 7 heteroatoms. The van der Waals surface area contributed by atoms with Crippen LogP contribution in [0, 0.1) is 19.7 Å². The minimum atomic E-state index is -0.406. The molecule has 0 aliphatic heterocycles. The van der Waals surface area contributed by atoms with Gasteiger partial charge in [0.1, 0.15) is 5.82 Å². The molecule has 24 heavy (non-hydrogen) atoms. The standard InChI is InChI=1S/C17H16FN5O/c1-10-5-3-8-14(11(10)2)20-17(24)15-16(22-23-21-15)19-13-7-4-6-12(18)9-13/h3-9H,1-2H3,(H,20,24)(H2,19,21,22,23). The molecule has 3 aromatic rings. The van der Waals surface area contributed by atoms with Crippen LogP contribution in [0.15, 0.2) is 42.5 Å². The Morgan fingerprint density at radius 3 is 2.71 bits per heavy atom. The number of carbonyl (C=O) groups is 1. The van der Waals surface area contributed by atoms with Crippen molar-refractivity contribution in [2.24, 2.45) is 0 Å². The summed E-state index contributed by atoms with van der Waals surface area (Å²) in [6.45, 7) is 3.90. The molecule has 0 spiro atoms. The molecule has 3 rings (SSSR count). The van der Waals surface area contributed by atoms with E-state index >= 15 is 0 Å². The quantitative estimate of drug-likeness (QED) is 0.685. The number of benzene rings is 2. The minimum Gasteiger partial charge on any atom is -0.337 e. The molecule has 0 unspecified atom stereocenters. The Bertz CT molecular complexity index is 890. The highest BCUT2D eigenvalue weighted by molar-refractivity contribution is 6.06. The molecule has 0 radical (unpaired) electrons. The van der Waals surface area contributed by atoms with Gasteiger partial charge in [0, 0.05) is 11.4 Å². The number of halogens is 1. The highest BCUT2D eigenvalue weighted by atomic mass is 19.1. The molecule has 0 aliphatic carbocycles. The number of hydrogen-bond donors (Lipinski definition) is 3. The van der Waals surface area contributed by atoms with E-state index in [0.717, 1.165) is 11.1 Å². The third-order valence-electron chi connectivity index (χ3n) is 3.70. The third-order valence-corrected chi connectivity index (χ3v) is 3.70. The van der Waals surface area contributed by atoms with Crippen molar-refractivity contribution in [3.63, 3.8) is 0 Å². The molecule has 122 valence electrons. The maximum absolute atomic E-state index is 13.3. The van der Waals surface area contributed by atoms with Crippen LogP contribution >= 0.6 is 0 Å². The lowest BCUT2D eigenvalue weighted by molar-refractivity contribution is 0.102. The molecule has 0 saturated carbocycles. The molecule has 1 amide bonds. The summed E-state index contributed by atoms with van der Waals surface area (Å²) >= 11 is 0. The van der Waals surface area contributed by atoms with Crippen LogP contribution in [0.5, 0.6) is 0 Å². The number of rotatable bonds is 4. The Labute approximate surface area is 138 Å². The Balaban J connectivity index is 1.82. The Kier molecular flexibility index (Phi) is 4.24. The van der Waals surface area contributed by atoms with Gasteiger partial charge in [-0.15, -0.1) is 10.2 Å². The number of carbonyl (C=O) groups excluding carboxylic acids is 1. The number of aryl methyl sites for hydroxylation is 1. The van der Waals surface area contributed by atoms with Gasteiger partial charge >= 0.3 is 0 Å². The van der Waals surface area contributed by atoms with Crippen LogP contribution in [0.4, 0.5) is 21.6 Å². The average molecular weight is 325 g/mol. The van der Waals surface area contributed by atoms with Crippen LogP contribution in [0.2, 0.25) is 0 Å². The molecule has 0 bridgehead atoms. The third kappa shape index (κ3) is 3.24. The van der Waals surface area contributed by atoms with E-state index in [4.69, 9.17) is 0 Å². The smallest absolute Gasteiger partial charge is 0.280 e. The van der Waals surface area contributed by atoms with Crippen molar-refractivity contribution < 1.29 is 9.18 Å². The van der Waals surface area contributed by atoms with E-state index < -0.39 is 5.91 Å². The van der Waals surface area contributed by atoms with E-state index in [1.54, 1.807) is 12.1 Å². The van der Waals surface area contributed by atoms with Crippen molar-refractivity contribution in [1.82, 2.24) is 15.4 Å². The number of amides is 1. The number of hydrogen-bond acceptors (Lipinski definition) is 4. The number of nitrogens with one attached hydrogen (secondary N) is 3. The number of aromatic nitrogens is 3. The van der Waals surface area contributed by atoms with Crippen molar-refractivity contribution in [2.45, 2.75) is 13.8 Å². The van der Waals surface area contributed by atoms with Gasteiger partial charge < -0.3 is 10.6 Å². The fraction of sp³-hybridized carbons (Fsp3) is 0.118. The van der Waals surface area contributed by atoms with E-state index in [0.29, 0.717) is 11.4 Å². The van der Waals surface area contributed by atoms with E-state index in [1.165, 1.54) is 12.1 Å². The van der Waals surface area contributed by atoms with Crippen LogP contribution in [-0.4, -0.2) is 21.3 Å². The first-order valence-corrected chi connectivity index (χ1v) is 7.35. The second-order valence-electron chi connectivity index (χ2n) is 5.36. The molecule has 1 heterocycles. The predicted octanol–water partition coefficient (Wildman–Crippen LogP) is 3.56. The number of nitrogens with zero attached hydrogens (tertiary/aromatic N) is 2. The van der Waals surface area contributed by atoms with E-state index in [1.807, 2.05) is 32.0 Å². The zero-order valence-corrected chi connectivity index (χ0v) is 13.2. The highest BCUT2D eigenvalue weighted by Gasteiger charge is 2.18. The zero-order valence-electron chi connectivity index (χ0n) is 13.2. The van der Waals surface area contributed by atoms with Crippen molar-refractivity contribution >= 4 is 23.1 Å². The fourth-order valence-electron chi connectivity index (χ4n) is 2.25. The second kappa shape index (κ2) is 6.49.